The Morgan fingerprint density at radius 1 is 0.806 bits per heavy atom. The Labute approximate surface area is 231 Å². The number of hydrogen-bond donors (Lipinski definition) is 0. The van der Waals surface area contributed by atoms with Gasteiger partial charge in [0.2, 0.25) is 0 Å². The molecule has 0 radical (unpaired) electrons. The molecule has 36 heavy (non-hydrogen) atoms. The van der Waals surface area contributed by atoms with E-state index in [0.717, 1.165) is 19.1 Å². The molecule has 0 amide bonds. The zero-order chi connectivity index (χ0) is 26.8. The second kappa shape index (κ2) is 11.7. The van der Waals surface area contributed by atoms with Crippen LogP contribution in [0.5, 0.6) is 0 Å². The van der Waals surface area contributed by atoms with Gasteiger partial charge in [-0.15, -0.1) is 22.7 Å². The van der Waals surface area contributed by atoms with E-state index in [1.807, 2.05) is 22.7 Å². The normalized spacial score (nSPS) is 18.6. The van der Waals surface area contributed by atoms with Crippen molar-refractivity contribution in [2.75, 3.05) is 13.2 Å². The maximum absolute atomic E-state index is 6.37. The highest BCUT2D eigenvalue weighted by atomic mass is 32.1. The van der Waals surface area contributed by atoms with Crippen molar-refractivity contribution in [2.24, 2.45) is 5.92 Å². The lowest BCUT2D eigenvalue weighted by atomic mass is 9.89. The van der Waals surface area contributed by atoms with Crippen LogP contribution < -0.4 is 0 Å². The number of aryl methyl sites for hydroxylation is 2. The third-order valence-electron chi connectivity index (χ3n) is 8.85. The Morgan fingerprint density at radius 2 is 1.42 bits per heavy atom. The molecule has 0 aliphatic heterocycles. The molecular formula is C30H50O2S2Si2. The molecular weight excluding hydrogens is 513 g/mol. The fourth-order valence-corrected chi connectivity index (χ4v) is 7.92. The molecule has 2 aliphatic rings. The van der Waals surface area contributed by atoms with Gasteiger partial charge < -0.3 is 8.85 Å². The minimum absolute atomic E-state index is 0.301. The molecule has 2 heterocycles. The summed E-state index contributed by atoms with van der Waals surface area (Å²) in [6.45, 7) is 25.0. The highest BCUT2D eigenvalue weighted by Gasteiger charge is 2.38. The van der Waals surface area contributed by atoms with Gasteiger partial charge in [0, 0.05) is 16.4 Å². The molecule has 2 aromatic heterocycles. The minimum Gasteiger partial charge on any atom is -0.417 e. The van der Waals surface area contributed by atoms with Gasteiger partial charge in [-0.25, -0.2) is 0 Å². The molecule has 0 saturated heterocycles. The largest absolute Gasteiger partial charge is 0.417 e. The lowest BCUT2D eigenvalue weighted by Gasteiger charge is -2.37. The molecule has 1 unspecified atom stereocenters. The molecule has 4 rings (SSSR count). The molecule has 6 heteroatoms. The summed E-state index contributed by atoms with van der Waals surface area (Å²) in [7, 11) is -3.16. The third kappa shape index (κ3) is 7.76. The molecule has 1 atom stereocenters. The highest BCUT2D eigenvalue weighted by molar-refractivity contribution is 7.10. The van der Waals surface area contributed by atoms with E-state index in [1.165, 1.54) is 48.1 Å². The van der Waals surface area contributed by atoms with Crippen molar-refractivity contribution in [1.29, 1.82) is 0 Å². The minimum atomic E-state index is -1.60. The van der Waals surface area contributed by atoms with Gasteiger partial charge in [0.1, 0.15) is 0 Å². The number of hydrogen-bond acceptors (Lipinski definition) is 4. The summed E-state index contributed by atoms with van der Waals surface area (Å²) in [5.74, 6) is 0.737. The van der Waals surface area contributed by atoms with Crippen molar-refractivity contribution in [1.82, 2.24) is 0 Å². The van der Waals surface area contributed by atoms with E-state index in [2.05, 4.69) is 96.7 Å². The van der Waals surface area contributed by atoms with E-state index >= 15 is 0 Å². The molecule has 202 valence electrons. The molecule has 0 aromatic carbocycles. The van der Waals surface area contributed by atoms with Crippen molar-refractivity contribution in [3.63, 3.8) is 0 Å². The second-order valence-electron chi connectivity index (χ2n) is 13.7. The van der Waals surface area contributed by atoms with E-state index in [0.29, 0.717) is 10.1 Å². The molecule has 0 fully saturated rings. The summed E-state index contributed by atoms with van der Waals surface area (Å²) in [4.78, 5) is 3.14. The maximum atomic E-state index is 6.37. The Morgan fingerprint density at radius 3 is 2.08 bits per heavy atom. The van der Waals surface area contributed by atoms with Crippen LogP contribution in [0.15, 0.2) is 28.5 Å². The van der Waals surface area contributed by atoms with E-state index in [4.69, 9.17) is 8.85 Å². The lowest BCUT2D eigenvalue weighted by molar-refractivity contribution is 0.216. The van der Waals surface area contributed by atoms with Gasteiger partial charge in [-0.3, -0.25) is 0 Å². The molecule has 2 aliphatic carbocycles. The second-order valence-corrected chi connectivity index (χ2v) is 25.3. The van der Waals surface area contributed by atoms with Gasteiger partial charge in [-0.1, -0.05) is 47.6 Å². The predicted molar refractivity (Wildman–Crippen MR) is 167 cm³/mol. The third-order valence-corrected chi connectivity index (χ3v) is 19.8. The monoisotopic (exact) mass is 562 g/mol. The van der Waals surface area contributed by atoms with E-state index < -0.39 is 16.6 Å². The summed E-state index contributed by atoms with van der Waals surface area (Å²) in [6.07, 6.45) is 8.50. The topological polar surface area (TPSA) is 18.5 Å². The van der Waals surface area contributed by atoms with Gasteiger partial charge in [0.25, 0.3) is 0 Å². The van der Waals surface area contributed by atoms with Crippen LogP contribution in [0.2, 0.25) is 36.3 Å². The smallest absolute Gasteiger partial charge is 0.192 e. The molecule has 0 N–H and O–H groups in total. The van der Waals surface area contributed by atoms with Crippen LogP contribution in [-0.4, -0.2) is 29.8 Å². The first-order valence-electron chi connectivity index (χ1n) is 13.7. The van der Waals surface area contributed by atoms with E-state index in [-0.39, 0.29) is 0 Å². The molecule has 0 spiro atoms. The first-order valence-corrected chi connectivity index (χ1v) is 21.3. The van der Waals surface area contributed by atoms with Crippen LogP contribution in [0.25, 0.3) is 6.08 Å². The first-order chi connectivity index (χ1) is 16.6. The van der Waals surface area contributed by atoms with Crippen LogP contribution in [0.3, 0.4) is 0 Å². The quantitative estimate of drug-likeness (QED) is 0.326. The standard InChI is InChI=1S/C15H26OSSi.C15H24OSSi/c2*1-15(2,3)18(4,5)16-11-12-6-7-14-13(10-12)8-9-17-14/h8-9,12H,6-7,10-11H2,1-5H3;8-10H,6-7,11H2,1-5H3. The lowest BCUT2D eigenvalue weighted by Crippen LogP contribution is -2.42. The summed E-state index contributed by atoms with van der Waals surface area (Å²) in [5.41, 5.74) is 4.46. The number of thiophene rings is 2. The van der Waals surface area contributed by atoms with Crippen LogP contribution in [0.4, 0.5) is 0 Å². The van der Waals surface area contributed by atoms with Crippen LogP contribution in [-0.2, 0) is 28.1 Å². The fourth-order valence-electron chi connectivity index (χ4n) is 4.05. The summed E-state index contributed by atoms with van der Waals surface area (Å²) in [5, 5.41) is 5.06. The zero-order valence-corrected chi connectivity index (χ0v) is 28.2. The average molecular weight is 563 g/mol. The molecule has 2 aromatic rings. The number of fused-ring (bicyclic) bond motifs is 2. The van der Waals surface area contributed by atoms with Crippen molar-refractivity contribution >= 4 is 45.4 Å². The first kappa shape index (κ1) is 30.0. The van der Waals surface area contributed by atoms with Crippen molar-refractivity contribution in [3.8, 4) is 0 Å². The summed E-state index contributed by atoms with van der Waals surface area (Å²) < 4.78 is 12.7. The van der Waals surface area contributed by atoms with E-state index in [1.54, 1.807) is 10.4 Å². The van der Waals surface area contributed by atoms with Crippen molar-refractivity contribution in [3.05, 3.63) is 49.3 Å². The van der Waals surface area contributed by atoms with E-state index in [9.17, 15) is 0 Å². The summed E-state index contributed by atoms with van der Waals surface area (Å²) >= 11 is 3.80. The Balaban J connectivity index is 0.000000201. The predicted octanol–water partition coefficient (Wildman–Crippen LogP) is 9.97. The average Bonchev–Trinajstić information content (AvgIpc) is 3.43. The van der Waals surface area contributed by atoms with Crippen LogP contribution in [0, 0.1) is 5.92 Å². The number of rotatable bonds is 6. The van der Waals surface area contributed by atoms with Gasteiger partial charge >= 0.3 is 0 Å². The van der Waals surface area contributed by atoms with Gasteiger partial charge in [-0.2, -0.15) is 0 Å². The Kier molecular flexibility index (Phi) is 9.77. The van der Waals surface area contributed by atoms with Crippen molar-refractivity contribution in [2.45, 2.75) is 110 Å². The zero-order valence-electron chi connectivity index (χ0n) is 24.5. The highest BCUT2D eigenvalue weighted by Crippen LogP contribution is 2.39. The Hall–Kier alpha value is -0.506. The van der Waals surface area contributed by atoms with Crippen LogP contribution >= 0.6 is 22.7 Å². The van der Waals surface area contributed by atoms with Gasteiger partial charge in [0.05, 0.1) is 6.61 Å². The fraction of sp³-hybridized carbons (Fsp3) is 0.667. The molecule has 0 saturated carbocycles. The maximum Gasteiger partial charge on any atom is 0.192 e. The van der Waals surface area contributed by atoms with Gasteiger partial charge in [0.15, 0.2) is 16.6 Å². The van der Waals surface area contributed by atoms with Crippen molar-refractivity contribution < 1.29 is 8.85 Å². The SMILES string of the molecule is CC(C)(C)[Si](C)(C)OCC1=Cc2ccsc2CC1.CC(C)(C)[Si](C)(C)OCC1CCc2sccc2C1. The summed E-state index contributed by atoms with van der Waals surface area (Å²) in [6, 6.07) is 4.53. The molecule has 0 bridgehead atoms. The van der Waals surface area contributed by atoms with Gasteiger partial charge in [-0.05, 0) is 114 Å². The Bertz CT molecular complexity index is 1020. The van der Waals surface area contributed by atoms with Crippen LogP contribution in [0.1, 0.15) is 75.3 Å². The molecule has 2 nitrogen and oxygen atoms in total.